The molecule has 1 aliphatic rings. The Morgan fingerprint density at radius 1 is 1.39 bits per heavy atom. The number of carbonyl (C=O) groups is 1. The van der Waals surface area contributed by atoms with Gasteiger partial charge in [-0.05, 0) is 54.5 Å². The van der Waals surface area contributed by atoms with Crippen LogP contribution in [0, 0.1) is 5.92 Å². The summed E-state index contributed by atoms with van der Waals surface area (Å²) in [6.07, 6.45) is 5.68. The van der Waals surface area contributed by atoms with E-state index >= 15 is 0 Å². The zero-order valence-electron chi connectivity index (χ0n) is 13.6. The quantitative estimate of drug-likeness (QED) is 0.316. The Bertz CT molecular complexity index is 614. The van der Waals surface area contributed by atoms with E-state index in [9.17, 15) is 4.79 Å². The van der Waals surface area contributed by atoms with Crippen molar-refractivity contribution in [1.82, 2.24) is 0 Å². The average Bonchev–Trinajstić information content (AvgIpc) is 2.60. The zero-order valence-corrected chi connectivity index (χ0v) is 13.6. The molecule has 0 N–H and O–H groups in total. The van der Waals surface area contributed by atoms with Gasteiger partial charge in [-0.3, -0.25) is 0 Å². The topological polar surface area (TPSA) is 75.1 Å². The molecule has 2 rings (SSSR count). The maximum absolute atomic E-state index is 11.9. The van der Waals surface area contributed by atoms with E-state index in [1.54, 1.807) is 25.1 Å². The number of benzene rings is 1. The molecular weight excluding hydrogens is 290 g/mol. The minimum Gasteiger partial charge on any atom is -0.462 e. The third kappa shape index (κ3) is 4.36. The molecule has 1 fully saturated rings. The van der Waals surface area contributed by atoms with E-state index in [-0.39, 0.29) is 12.0 Å². The molecule has 5 heteroatoms. The predicted molar refractivity (Wildman–Crippen MR) is 90.9 cm³/mol. The molecule has 1 aromatic carbocycles. The van der Waals surface area contributed by atoms with Crippen molar-refractivity contribution < 1.29 is 9.53 Å². The van der Waals surface area contributed by atoms with E-state index in [1.807, 2.05) is 6.07 Å². The van der Waals surface area contributed by atoms with Crippen molar-refractivity contribution in [3.8, 4) is 0 Å². The molecule has 0 saturated heterocycles. The first-order chi connectivity index (χ1) is 11.2. The fourth-order valence-corrected chi connectivity index (χ4v) is 3.19. The van der Waals surface area contributed by atoms with Crippen LogP contribution >= 0.6 is 0 Å². The smallest absolute Gasteiger partial charge is 0.338 e. The van der Waals surface area contributed by atoms with Crippen LogP contribution in [0.5, 0.6) is 0 Å². The molecular formula is C18H23N3O2. The number of esters is 1. The van der Waals surface area contributed by atoms with Crippen LogP contribution in [0.4, 0.5) is 0 Å². The number of hydrogen-bond donors (Lipinski definition) is 0. The lowest BCUT2D eigenvalue weighted by Crippen LogP contribution is -2.22. The zero-order chi connectivity index (χ0) is 16.7. The summed E-state index contributed by atoms with van der Waals surface area (Å²) < 4.78 is 5.04. The predicted octanol–water partition coefficient (Wildman–Crippen LogP) is 5.14. The molecule has 0 aliphatic heterocycles. The van der Waals surface area contributed by atoms with Crippen LogP contribution in [-0.4, -0.2) is 18.6 Å². The molecule has 1 unspecified atom stereocenters. The van der Waals surface area contributed by atoms with E-state index in [1.165, 1.54) is 6.42 Å². The first-order valence-corrected chi connectivity index (χ1v) is 8.18. The van der Waals surface area contributed by atoms with Gasteiger partial charge in [-0.2, -0.15) is 0 Å². The van der Waals surface area contributed by atoms with Crippen LogP contribution in [0.15, 0.2) is 36.0 Å². The van der Waals surface area contributed by atoms with Gasteiger partial charge in [-0.25, -0.2) is 4.79 Å². The van der Waals surface area contributed by atoms with Gasteiger partial charge in [0.2, 0.25) is 0 Å². The van der Waals surface area contributed by atoms with E-state index in [0.717, 1.165) is 36.8 Å². The van der Waals surface area contributed by atoms with Crippen LogP contribution < -0.4 is 0 Å². The standard InChI is InChI=1S/C18H23N3O2/c1-3-23-18(22)16-11-7-10-15(12-16)13(2)17(20-21-19)14-8-5-4-6-9-14/h7,10-12,14,17H,2-6,8-9H2,1H3. The van der Waals surface area contributed by atoms with E-state index < -0.39 is 0 Å². The van der Waals surface area contributed by atoms with Gasteiger partial charge in [-0.15, -0.1) is 0 Å². The van der Waals surface area contributed by atoms with Gasteiger partial charge in [0.05, 0.1) is 18.2 Å². The molecule has 5 nitrogen and oxygen atoms in total. The maximum atomic E-state index is 11.9. The van der Waals surface area contributed by atoms with Gasteiger partial charge in [0.25, 0.3) is 0 Å². The van der Waals surface area contributed by atoms with E-state index in [4.69, 9.17) is 10.3 Å². The number of ether oxygens (including phenoxy) is 1. The Morgan fingerprint density at radius 3 is 2.74 bits per heavy atom. The Labute approximate surface area is 137 Å². The molecule has 122 valence electrons. The van der Waals surface area contributed by atoms with Gasteiger partial charge in [0.15, 0.2) is 0 Å². The lowest BCUT2D eigenvalue weighted by atomic mass is 9.80. The summed E-state index contributed by atoms with van der Waals surface area (Å²) in [5.41, 5.74) is 11.0. The Kier molecular flexibility index (Phi) is 6.24. The highest BCUT2D eigenvalue weighted by Gasteiger charge is 2.26. The minimum absolute atomic E-state index is 0.252. The molecule has 1 atom stereocenters. The van der Waals surface area contributed by atoms with Crippen LogP contribution in [0.25, 0.3) is 16.0 Å². The molecule has 1 aromatic rings. The summed E-state index contributed by atoms with van der Waals surface area (Å²) in [6.45, 7) is 6.27. The van der Waals surface area contributed by atoms with Gasteiger partial charge in [0, 0.05) is 4.91 Å². The number of azide groups is 1. The molecule has 0 aromatic heterocycles. The van der Waals surface area contributed by atoms with Crippen LogP contribution in [0.1, 0.15) is 54.9 Å². The number of nitrogens with zero attached hydrogens (tertiary/aromatic N) is 3. The van der Waals surface area contributed by atoms with Crippen molar-refractivity contribution >= 4 is 11.5 Å². The summed E-state index contributed by atoms with van der Waals surface area (Å²) in [5, 5.41) is 4.00. The van der Waals surface area contributed by atoms with Gasteiger partial charge >= 0.3 is 5.97 Å². The first-order valence-electron chi connectivity index (χ1n) is 8.18. The second kappa shape index (κ2) is 8.39. The third-order valence-corrected chi connectivity index (χ3v) is 4.37. The largest absolute Gasteiger partial charge is 0.462 e. The first kappa shape index (κ1) is 17.1. The molecule has 0 amide bonds. The average molecular weight is 313 g/mol. The maximum Gasteiger partial charge on any atom is 0.338 e. The van der Waals surface area contributed by atoms with E-state index in [2.05, 4.69) is 16.6 Å². The molecule has 0 bridgehead atoms. The summed E-state index contributed by atoms with van der Waals surface area (Å²) >= 11 is 0. The van der Waals surface area contributed by atoms with Crippen molar-refractivity contribution in [3.05, 3.63) is 52.4 Å². The fraction of sp³-hybridized carbons (Fsp3) is 0.500. The molecule has 1 saturated carbocycles. The number of carbonyl (C=O) groups excluding carboxylic acids is 1. The van der Waals surface area contributed by atoms with Crippen molar-refractivity contribution in [2.75, 3.05) is 6.61 Å². The highest BCUT2D eigenvalue weighted by Crippen LogP contribution is 2.34. The summed E-state index contributed by atoms with van der Waals surface area (Å²) in [6, 6.07) is 6.94. The van der Waals surface area contributed by atoms with Crippen LogP contribution in [-0.2, 0) is 4.74 Å². The summed E-state index contributed by atoms with van der Waals surface area (Å²) in [5.74, 6) is -0.0152. The molecule has 0 spiro atoms. The van der Waals surface area contributed by atoms with Gasteiger partial charge < -0.3 is 4.74 Å². The van der Waals surface area contributed by atoms with Crippen molar-refractivity contribution in [3.63, 3.8) is 0 Å². The van der Waals surface area contributed by atoms with Crippen LogP contribution in [0.2, 0.25) is 0 Å². The normalized spacial score (nSPS) is 16.2. The van der Waals surface area contributed by atoms with Gasteiger partial charge in [-0.1, -0.05) is 43.1 Å². The van der Waals surface area contributed by atoms with Crippen molar-refractivity contribution in [1.29, 1.82) is 0 Å². The molecule has 23 heavy (non-hydrogen) atoms. The lowest BCUT2D eigenvalue weighted by Gasteiger charge is -2.28. The van der Waals surface area contributed by atoms with Crippen molar-refractivity contribution in [2.24, 2.45) is 11.0 Å². The Balaban J connectivity index is 2.23. The van der Waals surface area contributed by atoms with Crippen molar-refractivity contribution in [2.45, 2.75) is 45.1 Å². The Hall–Kier alpha value is -2.26. The molecule has 0 heterocycles. The second-order valence-corrected chi connectivity index (χ2v) is 5.87. The minimum atomic E-state index is -0.347. The second-order valence-electron chi connectivity index (χ2n) is 5.87. The summed E-state index contributed by atoms with van der Waals surface area (Å²) in [4.78, 5) is 14.9. The SMILES string of the molecule is C=C(c1cccc(C(=O)OCC)c1)C(N=[N+]=[N-])C1CCCCC1. The highest BCUT2D eigenvalue weighted by atomic mass is 16.5. The monoisotopic (exact) mass is 313 g/mol. The Morgan fingerprint density at radius 2 is 2.09 bits per heavy atom. The molecule has 1 aliphatic carbocycles. The van der Waals surface area contributed by atoms with E-state index in [0.29, 0.717) is 18.1 Å². The lowest BCUT2D eigenvalue weighted by molar-refractivity contribution is 0.0526. The number of rotatable bonds is 6. The summed E-state index contributed by atoms with van der Waals surface area (Å²) in [7, 11) is 0. The highest BCUT2D eigenvalue weighted by molar-refractivity contribution is 5.90. The van der Waals surface area contributed by atoms with Gasteiger partial charge in [0.1, 0.15) is 0 Å². The molecule has 0 radical (unpaired) electrons. The number of hydrogen-bond acceptors (Lipinski definition) is 3. The fourth-order valence-electron chi connectivity index (χ4n) is 3.19. The third-order valence-electron chi connectivity index (χ3n) is 4.37. The van der Waals surface area contributed by atoms with Crippen LogP contribution in [0.3, 0.4) is 0 Å².